The topological polar surface area (TPSA) is 110 Å². The van der Waals surface area contributed by atoms with Crippen LogP contribution < -0.4 is 5.32 Å². The van der Waals surface area contributed by atoms with Crippen LogP contribution in [0.15, 0.2) is 18.2 Å². The highest BCUT2D eigenvalue weighted by Gasteiger charge is 2.26. The molecule has 0 saturated heterocycles. The lowest BCUT2D eigenvalue weighted by Crippen LogP contribution is -2.35. The molecule has 1 atom stereocenters. The van der Waals surface area contributed by atoms with Gasteiger partial charge >= 0.3 is 11.7 Å². The Balaban J connectivity index is 2.93. The third-order valence-electron chi connectivity index (χ3n) is 3.02. The number of rotatable bonds is 6. The van der Waals surface area contributed by atoms with Crippen molar-refractivity contribution in [1.29, 1.82) is 0 Å². The van der Waals surface area contributed by atoms with Gasteiger partial charge in [-0.05, 0) is 18.1 Å². The molecule has 1 amide bonds. The van der Waals surface area contributed by atoms with Gasteiger partial charge in [0.25, 0.3) is 5.91 Å². The smallest absolute Gasteiger partial charge is 0.308 e. The summed E-state index contributed by atoms with van der Waals surface area (Å²) in [7, 11) is 0. The number of nitrogens with one attached hydrogen (secondary N) is 1. The summed E-state index contributed by atoms with van der Waals surface area (Å²) < 4.78 is 0. The molecule has 1 unspecified atom stereocenters. The molecule has 8 heteroatoms. The molecule has 114 valence electrons. The van der Waals surface area contributed by atoms with Crippen LogP contribution in [0.4, 0.5) is 5.69 Å². The number of carboxylic acid groups (broad SMARTS) is 1. The van der Waals surface area contributed by atoms with Crippen molar-refractivity contribution < 1.29 is 19.6 Å². The number of nitro groups is 1. The van der Waals surface area contributed by atoms with E-state index in [1.54, 1.807) is 13.8 Å². The van der Waals surface area contributed by atoms with Gasteiger partial charge in [0.15, 0.2) is 0 Å². The highest BCUT2D eigenvalue weighted by atomic mass is 35.5. The van der Waals surface area contributed by atoms with Gasteiger partial charge in [-0.25, -0.2) is 0 Å². The zero-order valence-electron chi connectivity index (χ0n) is 11.5. The van der Waals surface area contributed by atoms with E-state index in [0.29, 0.717) is 0 Å². The molecule has 0 saturated carbocycles. The molecule has 0 aliphatic heterocycles. The lowest BCUT2D eigenvalue weighted by Gasteiger charge is -2.16. The van der Waals surface area contributed by atoms with Gasteiger partial charge in [-0.15, -0.1) is 0 Å². The van der Waals surface area contributed by atoms with Gasteiger partial charge in [-0.1, -0.05) is 31.5 Å². The number of para-hydroxylation sites is 1. The number of amides is 1. The van der Waals surface area contributed by atoms with Crippen LogP contribution in [-0.2, 0) is 4.79 Å². The van der Waals surface area contributed by atoms with Crippen LogP contribution in [0.3, 0.4) is 0 Å². The van der Waals surface area contributed by atoms with Crippen LogP contribution in [0.1, 0.15) is 24.2 Å². The molecule has 0 aliphatic carbocycles. The fraction of sp³-hybridized carbons (Fsp3) is 0.385. The van der Waals surface area contributed by atoms with Gasteiger partial charge in [-0.3, -0.25) is 19.7 Å². The summed E-state index contributed by atoms with van der Waals surface area (Å²) in [6.07, 6.45) is 0. The normalized spacial score (nSPS) is 12.0. The average Bonchev–Trinajstić information content (AvgIpc) is 2.36. The molecule has 1 aromatic rings. The SMILES string of the molecule is CC(C)C(CNC(=O)c1cccc(Cl)c1[N+](=O)[O-])C(=O)O. The van der Waals surface area contributed by atoms with Crippen molar-refractivity contribution in [2.24, 2.45) is 11.8 Å². The highest BCUT2D eigenvalue weighted by Crippen LogP contribution is 2.28. The average molecular weight is 315 g/mol. The monoisotopic (exact) mass is 314 g/mol. The Bertz CT molecular complexity index is 574. The second-order valence-corrected chi connectivity index (χ2v) is 5.20. The van der Waals surface area contributed by atoms with Crippen molar-refractivity contribution in [2.45, 2.75) is 13.8 Å². The highest BCUT2D eigenvalue weighted by molar-refractivity contribution is 6.33. The summed E-state index contributed by atoms with van der Waals surface area (Å²) >= 11 is 5.72. The standard InChI is InChI=1S/C13H15ClN2O5/c1-7(2)9(13(18)19)6-15-12(17)8-4-3-5-10(14)11(8)16(20)21/h3-5,7,9H,6H2,1-2H3,(H,15,17)(H,18,19). The van der Waals surface area contributed by atoms with Crippen molar-refractivity contribution >= 4 is 29.2 Å². The van der Waals surface area contributed by atoms with E-state index in [4.69, 9.17) is 16.7 Å². The van der Waals surface area contributed by atoms with Gasteiger partial charge < -0.3 is 10.4 Å². The zero-order valence-corrected chi connectivity index (χ0v) is 12.3. The first-order valence-corrected chi connectivity index (χ1v) is 6.57. The van der Waals surface area contributed by atoms with Crippen LogP contribution in [0.5, 0.6) is 0 Å². The molecule has 1 aromatic carbocycles. The summed E-state index contributed by atoms with van der Waals surface area (Å²) in [5, 5.41) is 22.2. The fourth-order valence-electron chi connectivity index (χ4n) is 1.79. The maximum atomic E-state index is 12.0. The van der Waals surface area contributed by atoms with Crippen molar-refractivity contribution in [3.8, 4) is 0 Å². The number of hydrogen-bond donors (Lipinski definition) is 2. The first-order valence-electron chi connectivity index (χ1n) is 6.19. The van der Waals surface area contributed by atoms with Gasteiger partial charge in [0.2, 0.25) is 0 Å². The third kappa shape index (κ3) is 4.16. The summed E-state index contributed by atoms with van der Waals surface area (Å²) in [5.74, 6) is -2.72. The predicted molar refractivity (Wildman–Crippen MR) is 76.4 cm³/mol. The Morgan fingerprint density at radius 2 is 2.05 bits per heavy atom. The molecule has 0 fully saturated rings. The number of halogens is 1. The van der Waals surface area contributed by atoms with E-state index in [2.05, 4.69) is 5.32 Å². The van der Waals surface area contributed by atoms with E-state index in [1.807, 2.05) is 0 Å². The van der Waals surface area contributed by atoms with E-state index in [9.17, 15) is 19.7 Å². The Morgan fingerprint density at radius 3 is 2.52 bits per heavy atom. The molecule has 0 bridgehead atoms. The summed E-state index contributed by atoms with van der Waals surface area (Å²) in [6.45, 7) is 3.31. The molecule has 0 aromatic heterocycles. The van der Waals surface area contributed by atoms with Crippen molar-refractivity contribution in [3.05, 3.63) is 38.9 Å². The Kier molecular flexibility index (Phi) is 5.66. The van der Waals surface area contributed by atoms with Crippen molar-refractivity contribution in [1.82, 2.24) is 5.32 Å². The van der Waals surface area contributed by atoms with E-state index >= 15 is 0 Å². The van der Waals surface area contributed by atoms with E-state index in [0.717, 1.165) is 0 Å². The number of nitro benzene ring substituents is 1. The third-order valence-corrected chi connectivity index (χ3v) is 3.32. The summed E-state index contributed by atoms with van der Waals surface area (Å²) in [5.41, 5.74) is -0.687. The molecule has 0 radical (unpaired) electrons. The number of benzene rings is 1. The summed E-state index contributed by atoms with van der Waals surface area (Å²) in [4.78, 5) is 33.3. The lowest BCUT2D eigenvalue weighted by molar-refractivity contribution is -0.385. The molecule has 7 nitrogen and oxygen atoms in total. The number of hydrogen-bond acceptors (Lipinski definition) is 4. The number of carbonyl (C=O) groups is 2. The first kappa shape index (κ1) is 16.9. The Hall–Kier alpha value is -2.15. The molecule has 2 N–H and O–H groups in total. The predicted octanol–water partition coefficient (Wildman–Crippen LogP) is 2.33. The second kappa shape index (κ2) is 7.03. The number of carbonyl (C=O) groups excluding carboxylic acids is 1. The molecule has 21 heavy (non-hydrogen) atoms. The van der Waals surface area contributed by atoms with Crippen LogP contribution in [0.25, 0.3) is 0 Å². The van der Waals surface area contributed by atoms with Crippen LogP contribution in [0.2, 0.25) is 5.02 Å². The fourth-order valence-corrected chi connectivity index (χ4v) is 2.03. The molecule has 0 aliphatic rings. The van der Waals surface area contributed by atoms with Gasteiger partial charge in [0, 0.05) is 6.54 Å². The minimum atomic E-state index is -1.04. The van der Waals surface area contributed by atoms with E-state index in [1.165, 1.54) is 18.2 Å². The number of carboxylic acids is 1. The van der Waals surface area contributed by atoms with Gasteiger partial charge in [0.05, 0.1) is 10.8 Å². The largest absolute Gasteiger partial charge is 0.481 e. The molecule has 1 rings (SSSR count). The van der Waals surface area contributed by atoms with Crippen LogP contribution >= 0.6 is 11.6 Å². The summed E-state index contributed by atoms with van der Waals surface area (Å²) in [6, 6.07) is 4.00. The van der Waals surface area contributed by atoms with E-state index in [-0.39, 0.29) is 23.0 Å². The number of nitrogens with zero attached hydrogens (tertiary/aromatic N) is 1. The van der Waals surface area contributed by atoms with Crippen molar-refractivity contribution in [2.75, 3.05) is 6.54 Å². The van der Waals surface area contributed by atoms with Crippen LogP contribution in [-0.4, -0.2) is 28.5 Å². The first-order chi connectivity index (χ1) is 9.75. The molecular formula is C13H15ClN2O5. The zero-order chi connectivity index (χ0) is 16.2. The molecule has 0 spiro atoms. The second-order valence-electron chi connectivity index (χ2n) is 4.79. The number of aliphatic carboxylic acids is 1. The Labute approximate surface area is 126 Å². The van der Waals surface area contributed by atoms with Crippen LogP contribution in [0, 0.1) is 22.0 Å². The molecular weight excluding hydrogens is 300 g/mol. The molecule has 0 heterocycles. The Morgan fingerprint density at radius 1 is 1.43 bits per heavy atom. The maximum absolute atomic E-state index is 12.0. The van der Waals surface area contributed by atoms with Gasteiger partial charge in [0.1, 0.15) is 10.6 Å². The minimum Gasteiger partial charge on any atom is -0.481 e. The quantitative estimate of drug-likeness (QED) is 0.618. The van der Waals surface area contributed by atoms with Crippen molar-refractivity contribution in [3.63, 3.8) is 0 Å². The minimum absolute atomic E-state index is 0.116. The maximum Gasteiger partial charge on any atom is 0.308 e. The van der Waals surface area contributed by atoms with E-state index < -0.39 is 28.4 Å². The lowest BCUT2D eigenvalue weighted by atomic mass is 9.96. The van der Waals surface area contributed by atoms with Gasteiger partial charge in [-0.2, -0.15) is 0 Å².